The quantitative estimate of drug-likeness (QED) is 0.590. The van der Waals surface area contributed by atoms with Crippen LogP contribution < -0.4 is 20.7 Å². The van der Waals surface area contributed by atoms with Crippen LogP contribution in [0.3, 0.4) is 0 Å². The van der Waals surface area contributed by atoms with Crippen LogP contribution in [0.4, 0.5) is 20.2 Å². The van der Waals surface area contributed by atoms with Gasteiger partial charge in [0.15, 0.2) is 5.82 Å². The first kappa shape index (κ1) is 24.4. The molecule has 1 aromatic heterocycles. The number of hydrogen-bond acceptors (Lipinski definition) is 7. The molecule has 3 aliphatic heterocycles. The topological polar surface area (TPSA) is 96.6 Å². The first-order chi connectivity index (χ1) is 17.2. The van der Waals surface area contributed by atoms with Crippen molar-refractivity contribution in [2.75, 3.05) is 42.9 Å². The standard InChI is InChI=1S/C26H32F2N6O2/c1-25(2)12-17-10-19(32-24(35)18(13-29)23-30-6-3-7-31-23)20(11-21(17)36-25)34-8-4-26(5-9-34)15-33(16-26)14-22(27)28/h3,6-7,10-11,13,22H,4-5,8-9,12,14-16,29H2,1-2H3,(H,32,35). The van der Waals surface area contributed by atoms with Gasteiger partial charge in [-0.15, -0.1) is 0 Å². The Morgan fingerprint density at radius 1 is 1.22 bits per heavy atom. The van der Waals surface area contributed by atoms with Gasteiger partial charge in [0.05, 0.1) is 23.5 Å². The zero-order valence-corrected chi connectivity index (χ0v) is 20.6. The first-order valence-corrected chi connectivity index (χ1v) is 12.3. The summed E-state index contributed by atoms with van der Waals surface area (Å²) in [4.78, 5) is 25.6. The summed E-state index contributed by atoms with van der Waals surface area (Å²) in [6.45, 7) is 6.92. The minimum absolute atomic E-state index is 0.101. The number of likely N-dealkylation sites (tertiary alicyclic amines) is 1. The Morgan fingerprint density at radius 3 is 2.56 bits per heavy atom. The van der Waals surface area contributed by atoms with Crippen molar-refractivity contribution in [3.05, 3.63) is 48.2 Å². The summed E-state index contributed by atoms with van der Waals surface area (Å²) in [5, 5.41) is 3.04. The van der Waals surface area contributed by atoms with Crippen LogP contribution in [0.5, 0.6) is 5.75 Å². The summed E-state index contributed by atoms with van der Waals surface area (Å²) >= 11 is 0. The lowest BCUT2D eigenvalue weighted by atomic mass is 9.72. The minimum atomic E-state index is -2.29. The number of amides is 1. The highest BCUT2D eigenvalue weighted by Gasteiger charge is 2.45. The maximum Gasteiger partial charge on any atom is 0.261 e. The highest BCUT2D eigenvalue weighted by molar-refractivity contribution is 6.24. The van der Waals surface area contributed by atoms with Crippen molar-refractivity contribution in [3.63, 3.8) is 0 Å². The van der Waals surface area contributed by atoms with Gasteiger partial charge >= 0.3 is 0 Å². The molecular formula is C26H32F2N6O2. The number of alkyl halides is 2. The maximum atomic E-state index is 13.2. The van der Waals surface area contributed by atoms with E-state index in [2.05, 4.69) is 20.2 Å². The van der Waals surface area contributed by atoms with E-state index in [0.717, 1.165) is 62.4 Å². The molecule has 1 aromatic carbocycles. The van der Waals surface area contributed by atoms with Gasteiger partial charge in [0.2, 0.25) is 0 Å². The average Bonchev–Trinajstić information content (AvgIpc) is 3.11. The third-order valence-corrected chi connectivity index (χ3v) is 7.33. The number of aromatic nitrogens is 2. The number of carbonyl (C=O) groups is 1. The molecule has 3 aliphatic rings. The second-order valence-electron chi connectivity index (χ2n) is 10.7. The van der Waals surface area contributed by atoms with Gasteiger partial charge in [0, 0.05) is 62.8 Å². The van der Waals surface area contributed by atoms with E-state index in [9.17, 15) is 13.6 Å². The van der Waals surface area contributed by atoms with Crippen molar-refractivity contribution in [2.24, 2.45) is 11.1 Å². The van der Waals surface area contributed by atoms with Gasteiger partial charge in [-0.1, -0.05) is 0 Å². The molecule has 1 amide bonds. The molecule has 8 nitrogen and oxygen atoms in total. The van der Waals surface area contributed by atoms with E-state index in [1.807, 2.05) is 30.9 Å². The molecule has 3 N–H and O–H groups in total. The summed E-state index contributed by atoms with van der Waals surface area (Å²) in [7, 11) is 0. The van der Waals surface area contributed by atoms with Crippen LogP contribution in [0, 0.1) is 5.41 Å². The number of nitrogens with two attached hydrogens (primary N) is 1. The Hall–Kier alpha value is -3.27. The first-order valence-electron chi connectivity index (χ1n) is 12.3. The second kappa shape index (κ2) is 9.31. The molecule has 0 unspecified atom stereocenters. The molecule has 0 bridgehead atoms. The fraction of sp³-hybridized carbons (Fsp3) is 0.500. The molecule has 36 heavy (non-hydrogen) atoms. The van der Waals surface area contributed by atoms with Crippen LogP contribution in [0.1, 0.15) is 38.1 Å². The van der Waals surface area contributed by atoms with Crippen LogP contribution in [-0.4, -0.2) is 65.5 Å². The lowest BCUT2D eigenvalue weighted by Gasteiger charge is -2.54. The van der Waals surface area contributed by atoms with Gasteiger partial charge in [0.25, 0.3) is 12.3 Å². The van der Waals surface area contributed by atoms with Crippen LogP contribution in [0.25, 0.3) is 5.57 Å². The molecule has 0 atom stereocenters. The van der Waals surface area contributed by atoms with Gasteiger partial charge in [-0.05, 0) is 44.2 Å². The number of rotatable bonds is 6. The summed E-state index contributed by atoms with van der Waals surface area (Å²) < 4.78 is 31.6. The normalized spacial score (nSPS) is 20.7. The van der Waals surface area contributed by atoms with Crippen molar-refractivity contribution in [3.8, 4) is 5.75 Å². The smallest absolute Gasteiger partial charge is 0.261 e. The number of anilines is 2. The van der Waals surface area contributed by atoms with Crippen LogP contribution in [0.15, 0.2) is 36.8 Å². The molecule has 192 valence electrons. The van der Waals surface area contributed by atoms with Crippen LogP contribution >= 0.6 is 0 Å². The fourth-order valence-electron chi connectivity index (χ4n) is 5.65. The summed E-state index contributed by atoms with van der Waals surface area (Å²) in [6.07, 6.45) is 4.60. The number of carbonyl (C=O) groups excluding carboxylic acids is 1. The molecule has 0 aliphatic carbocycles. The zero-order chi connectivity index (χ0) is 25.5. The predicted molar refractivity (Wildman–Crippen MR) is 134 cm³/mol. The maximum absolute atomic E-state index is 13.2. The molecule has 5 rings (SSSR count). The van der Waals surface area contributed by atoms with Gasteiger partial charge < -0.3 is 20.7 Å². The number of fused-ring (bicyclic) bond motifs is 1. The zero-order valence-electron chi connectivity index (χ0n) is 20.6. The van der Waals surface area contributed by atoms with E-state index < -0.39 is 12.3 Å². The second-order valence-corrected chi connectivity index (χ2v) is 10.7. The van der Waals surface area contributed by atoms with Crippen LogP contribution in [0.2, 0.25) is 0 Å². The molecular weight excluding hydrogens is 466 g/mol. The predicted octanol–water partition coefficient (Wildman–Crippen LogP) is 3.30. The van der Waals surface area contributed by atoms with Crippen molar-refractivity contribution in [1.29, 1.82) is 0 Å². The van der Waals surface area contributed by atoms with Crippen molar-refractivity contribution in [2.45, 2.75) is 45.1 Å². The molecule has 2 fully saturated rings. The van der Waals surface area contributed by atoms with Gasteiger partial charge in [0.1, 0.15) is 11.4 Å². The van der Waals surface area contributed by atoms with Gasteiger partial charge in [-0.2, -0.15) is 0 Å². The summed E-state index contributed by atoms with van der Waals surface area (Å²) in [5.41, 5.74) is 8.33. The lowest BCUT2D eigenvalue weighted by Crippen LogP contribution is -2.61. The average molecular weight is 499 g/mol. The van der Waals surface area contributed by atoms with Crippen molar-refractivity contribution < 1.29 is 18.3 Å². The van der Waals surface area contributed by atoms with E-state index in [1.54, 1.807) is 18.5 Å². The van der Waals surface area contributed by atoms with E-state index in [1.165, 1.54) is 6.20 Å². The third kappa shape index (κ3) is 4.86. The number of ether oxygens (including phenoxy) is 1. The SMILES string of the molecule is CC1(C)Cc2cc(NC(=O)C(=CN)c3ncccn3)c(N3CCC4(CC3)CN(CC(F)F)C4)cc2O1. The van der Waals surface area contributed by atoms with Gasteiger partial charge in [-0.3, -0.25) is 9.69 Å². The highest BCUT2D eigenvalue weighted by Crippen LogP contribution is 2.45. The van der Waals surface area contributed by atoms with Crippen molar-refractivity contribution >= 4 is 22.9 Å². The largest absolute Gasteiger partial charge is 0.487 e. The Labute approximate surface area is 209 Å². The Morgan fingerprint density at radius 2 is 1.92 bits per heavy atom. The number of hydrogen-bond donors (Lipinski definition) is 2. The molecule has 2 aromatic rings. The summed E-state index contributed by atoms with van der Waals surface area (Å²) in [5.74, 6) is 0.683. The molecule has 2 saturated heterocycles. The number of nitrogens with zero attached hydrogens (tertiary/aromatic N) is 4. The fourth-order valence-corrected chi connectivity index (χ4v) is 5.65. The highest BCUT2D eigenvalue weighted by atomic mass is 19.3. The molecule has 0 radical (unpaired) electrons. The number of piperidine rings is 1. The third-order valence-electron chi connectivity index (χ3n) is 7.33. The number of benzene rings is 1. The number of halogens is 2. The minimum Gasteiger partial charge on any atom is -0.487 e. The van der Waals surface area contributed by atoms with E-state index in [4.69, 9.17) is 10.5 Å². The monoisotopic (exact) mass is 498 g/mol. The summed E-state index contributed by atoms with van der Waals surface area (Å²) in [6, 6.07) is 5.66. The Kier molecular flexibility index (Phi) is 6.32. The Bertz CT molecular complexity index is 1150. The van der Waals surface area contributed by atoms with Crippen LogP contribution in [-0.2, 0) is 11.2 Å². The lowest BCUT2D eigenvalue weighted by molar-refractivity contribution is -0.111. The molecule has 4 heterocycles. The van der Waals surface area contributed by atoms with Crippen molar-refractivity contribution in [1.82, 2.24) is 14.9 Å². The Balaban J connectivity index is 1.37. The molecule has 10 heteroatoms. The van der Waals surface area contributed by atoms with Gasteiger partial charge in [-0.25, -0.2) is 18.7 Å². The molecule has 1 spiro atoms. The van der Waals surface area contributed by atoms with E-state index >= 15 is 0 Å². The van der Waals surface area contributed by atoms with E-state index in [-0.39, 0.29) is 29.0 Å². The number of nitrogens with one attached hydrogen (secondary N) is 1. The molecule has 0 saturated carbocycles. The van der Waals surface area contributed by atoms with E-state index in [0.29, 0.717) is 5.69 Å².